The Kier molecular flexibility index (Phi) is 6.55. The molecule has 29 heavy (non-hydrogen) atoms. The highest BCUT2D eigenvalue weighted by Gasteiger charge is 2.44. The van der Waals surface area contributed by atoms with Crippen molar-refractivity contribution in [2.75, 3.05) is 6.61 Å². The molecule has 2 atom stereocenters. The number of rotatable bonds is 7. The zero-order valence-corrected chi connectivity index (χ0v) is 16.0. The van der Waals surface area contributed by atoms with Gasteiger partial charge < -0.3 is 5.11 Å². The predicted octanol–water partition coefficient (Wildman–Crippen LogP) is 4.71. The quantitative estimate of drug-likeness (QED) is 0.588. The summed E-state index contributed by atoms with van der Waals surface area (Å²) in [7, 11) is 0. The fraction of sp³-hybridized carbons (Fsp3) is 0.182. The molecular formula is C22H18ClF2N3O. The molecule has 0 spiro atoms. The van der Waals surface area contributed by atoms with Gasteiger partial charge in [0.25, 0.3) is 0 Å². The molecular weight excluding hydrogens is 396 g/mol. The summed E-state index contributed by atoms with van der Waals surface area (Å²) < 4.78 is 29.9. The van der Waals surface area contributed by atoms with Gasteiger partial charge in [0.1, 0.15) is 5.69 Å². The van der Waals surface area contributed by atoms with Crippen molar-refractivity contribution in [1.82, 2.24) is 10.3 Å². The van der Waals surface area contributed by atoms with Gasteiger partial charge in [0.05, 0.1) is 18.7 Å². The molecule has 3 rings (SSSR count). The van der Waals surface area contributed by atoms with E-state index >= 15 is 0 Å². The average Bonchev–Trinajstić information content (AvgIpc) is 2.75. The van der Waals surface area contributed by atoms with Crippen LogP contribution in [0.5, 0.6) is 0 Å². The number of halogens is 3. The number of aliphatic hydroxyl groups is 1. The minimum atomic E-state index is -3.56. The molecule has 0 amide bonds. The Bertz CT molecular complexity index is 974. The summed E-state index contributed by atoms with van der Waals surface area (Å²) in [5.74, 6) is -3.56. The Labute approximate surface area is 172 Å². The van der Waals surface area contributed by atoms with E-state index in [0.29, 0.717) is 16.1 Å². The third-order valence-electron chi connectivity index (χ3n) is 4.53. The van der Waals surface area contributed by atoms with Gasteiger partial charge in [0.15, 0.2) is 6.04 Å². The number of pyridine rings is 1. The summed E-state index contributed by atoms with van der Waals surface area (Å²) in [6.45, 7) is -0.429. The summed E-state index contributed by atoms with van der Waals surface area (Å²) in [6, 6.07) is 17.2. The molecule has 0 aliphatic heterocycles. The molecule has 4 nitrogen and oxygen atoms in total. The Morgan fingerprint density at radius 2 is 1.69 bits per heavy atom. The second-order valence-corrected chi connectivity index (χ2v) is 6.87. The van der Waals surface area contributed by atoms with Crippen LogP contribution >= 0.6 is 11.6 Å². The third kappa shape index (κ3) is 4.77. The number of nitrogens with zero attached hydrogens (tertiary/aromatic N) is 2. The molecule has 2 N–H and O–H groups in total. The second-order valence-electron chi connectivity index (χ2n) is 6.44. The molecule has 0 fully saturated rings. The summed E-state index contributed by atoms with van der Waals surface area (Å²) in [6.07, 6.45) is 1.33. The normalized spacial score (nSPS) is 13.5. The Morgan fingerprint density at radius 3 is 2.24 bits per heavy atom. The number of hydrogen-bond donors (Lipinski definition) is 2. The molecule has 0 aliphatic carbocycles. The van der Waals surface area contributed by atoms with Crippen molar-refractivity contribution in [2.45, 2.75) is 18.0 Å². The van der Waals surface area contributed by atoms with Crippen molar-refractivity contribution < 1.29 is 13.9 Å². The zero-order valence-electron chi connectivity index (χ0n) is 15.3. The van der Waals surface area contributed by atoms with Crippen molar-refractivity contribution >= 4 is 11.6 Å². The molecule has 1 aromatic heterocycles. The first-order chi connectivity index (χ1) is 14.0. The van der Waals surface area contributed by atoms with E-state index in [1.807, 2.05) is 0 Å². The van der Waals surface area contributed by atoms with Gasteiger partial charge in [0, 0.05) is 16.8 Å². The minimum absolute atomic E-state index is 0.429. The molecule has 0 radical (unpaired) electrons. The fourth-order valence-electron chi connectivity index (χ4n) is 2.92. The summed E-state index contributed by atoms with van der Waals surface area (Å²) in [5.41, 5.74) is 1.52. The monoisotopic (exact) mass is 413 g/mol. The van der Waals surface area contributed by atoms with E-state index in [-0.39, 0.29) is 0 Å². The Balaban J connectivity index is 1.82. The van der Waals surface area contributed by atoms with Gasteiger partial charge in [-0.2, -0.15) is 14.0 Å². The third-order valence-corrected chi connectivity index (χ3v) is 4.78. The fourth-order valence-corrected chi connectivity index (χ4v) is 3.04. The van der Waals surface area contributed by atoms with Crippen LogP contribution in [0.25, 0.3) is 11.1 Å². The van der Waals surface area contributed by atoms with Gasteiger partial charge in [0.2, 0.25) is 0 Å². The molecule has 0 saturated heterocycles. The van der Waals surface area contributed by atoms with E-state index in [0.717, 1.165) is 5.56 Å². The molecule has 2 aromatic carbocycles. The molecule has 0 saturated carbocycles. The Hall–Kier alpha value is -2.85. The highest BCUT2D eigenvalue weighted by atomic mass is 35.5. The number of benzene rings is 2. The van der Waals surface area contributed by atoms with Crippen LogP contribution in [0, 0.1) is 11.3 Å². The van der Waals surface area contributed by atoms with Crippen LogP contribution in [0.2, 0.25) is 5.02 Å². The molecule has 1 heterocycles. The van der Waals surface area contributed by atoms with Crippen molar-refractivity contribution in [1.29, 1.82) is 5.26 Å². The first-order valence-electron chi connectivity index (χ1n) is 8.87. The molecule has 0 bridgehead atoms. The first kappa shape index (κ1) is 20.9. The average molecular weight is 414 g/mol. The maximum absolute atomic E-state index is 15.0. The maximum Gasteiger partial charge on any atom is 0.317 e. The van der Waals surface area contributed by atoms with Crippen molar-refractivity contribution in [3.05, 3.63) is 89.2 Å². The number of hydrogen-bond acceptors (Lipinski definition) is 4. The smallest absolute Gasteiger partial charge is 0.317 e. The van der Waals surface area contributed by atoms with Crippen LogP contribution in [0.1, 0.15) is 17.3 Å². The number of nitrogens with one attached hydrogen (secondary N) is 1. The van der Waals surface area contributed by atoms with Crippen molar-refractivity contribution in [3.63, 3.8) is 0 Å². The van der Waals surface area contributed by atoms with Gasteiger partial charge in [-0.05, 0) is 29.3 Å². The lowest BCUT2D eigenvalue weighted by Gasteiger charge is -2.26. The van der Waals surface area contributed by atoms with Crippen molar-refractivity contribution in [3.8, 4) is 17.2 Å². The molecule has 2 unspecified atom stereocenters. The topological polar surface area (TPSA) is 68.9 Å². The number of alkyl halides is 2. The molecule has 7 heteroatoms. The lowest BCUT2D eigenvalue weighted by Crippen LogP contribution is -2.45. The van der Waals surface area contributed by atoms with Crippen LogP contribution in [0.15, 0.2) is 72.9 Å². The zero-order chi connectivity index (χ0) is 20.9. The molecule has 148 valence electrons. The Morgan fingerprint density at radius 1 is 1.03 bits per heavy atom. The van der Waals surface area contributed by atoms with E-state index in [1.54, 1.807) is 60.7 Å². The molecule has 3 aromatic rings. The first-order valence-corrected chi connectivity index (χ1v) is 9.25. The van der Waals surface area contributed by atoms with E-state index in [1.165, 1.54) is 18.3 Å². The van der Waals surface area contributed by atoms with Gasteiger partial charge in [-0.1, -0.05) is 60.1 Å². The predicted molar refractivity (Wildman–Crippen MR) is 107 cm³/mol. The van der Waals surface area contributed by atoms with E-state index in [9.17, 15) is 19.1 Å². The second kappa shape index (κ2) is 9.10. The van der Waals surface area contributed by atoms with Gasteiger partial charge in [-0.3, -0.25) is 10.3 Å². The highest BCUT2D eigenvalue weighted by molar-refractivity contribution is 6.30. The van der Waals surface area contributed by atoms with Crippen molar-refractivity contribution in [2.24, 2.45) is 0 Å². The summed E-state index contributed by atoms with van der Waals surface area (Å²) in [5, 5.41) is 22.1. The number of nitriles is 1. The maximum atomic E-state index is 15.0. The number of aromatic nitrogens is 1. The number of aliphatic hydroxyl groups excluding tert-OH is 1. The van der Waals surface area contributed by atoms with Crippen LogP contribution < -0.4 is 5.32 Å². The standard InChI is InChI=1S/C22H18ClF2N3O/c23-18-9-6-15(7-10-18)17-8-11-20(27-13-17)22(24,25)21(12-26)28-19(14-29)16-4-2-1-3-5-16/h1-11,13,19,21,28-29H,14H2. The van der Waals surface area contributed by atoms with Crippen LogP contribution in [0.4, 0.5) is 8.78 Å². The summed E-state index contributed by atoms with van der Waals surface area (Å²) in [4.78, 5) is 3.89. The SMILES string of the molecule is N#CC(NC(CO)c1ccccc1)C(F)(F)c1ccc(-c2ccc(Cl)cc2)cn1. The van der Waals surface area contributed by atoms with Crippen LogP contribution in [0.3, 0.4) is 0 Å². The summed E-state index contributed by atoms with van der Waals surface area (Å²) >= 11 is 5.86. The van der Waals surface area contributed by atoms with Crippen LogP contribution in [-0.4, -0.2) is 22.7 Å². The van der Waals surface area contributed by atoms with E-state index in [2.05, 4.69) is 10.3 Å². The van der Waals surface area contributed by atoms with E-state index < -0.39 is 30.3 Å². The molecule has 0 aliphatic rings. The minimum Gasteiger partial charge on any atom is -0.394 e. The highest BCUT2D eigenvalue weighted by Crippen LogP contribution is 2.33. The lowest BCUT2D eigenvalue weighted by molar-refractivity contribution is -0.0349. The van der Waals surface area contributed by atoms with Gasteiger partial charge in [-0.25, -0.2) is 0 Å². The van der Waals surface area contributed by atoms with Gasteiger partial charge >= 0.3 is 5.92 Å². The van der Waals surface area contributed by atoms with E-state index in [4.69, 9.17) is 11.6 Å². The lowest BCUT2D eigenvalue weighted by atomic mass is 10.0. The van der Waals surface area contributed by atoms with Crippen LogP contribution in [-0.2, 0) is 5.92 Å². The largest absolute Gasteiger partial charge is 0.394 e. The van der Waals surface area contributed by atoms with Gasteiger partial charge in [-0.15, -0.1) is 0 Å².